The summed E-state index contributed by atoms with van der Waals surface area (Å²) in [5.41, 5.74) is 9.28. The van der Waals surface area contributed by atoms with E-state index in [2.05, 4.69) is 65.8 Å². The number of benzene rings is 2. The average molecular weight is 344 g/mol. The molecule has 1 aliphatic carbocycles. The monoisotopic (exact) mass is 343 g/mol. The number of hydrogen-bond donors (Lipinski definition) is 0. The zero-order chi connectivity index (χ0) is 19.1. The Hall–Kier alpha value is -2.33. The molecule has 0 radical (unpaired) electrons. The van der Waals surface area contributed by atoms with Crippen LogP contribution in [0.4, 0.5) is 0 Å². The molecule has 2 aromatic rings. The molecular formula is C25H29N. The molecule has 1 aliphatic rings. The van der Waals surface area contributed by atoms with Crippen LogP contribution in [-0.4, -0.2) is 0 Å². The number of aryl methyl sites for hydroxylation is 1. The maximum absolute atomic E-state index is 8.96. The van der Waals surface area contributed by atoms with Crippen molar-refractivity contribution in [3.63, 3.8) is 0 Å². The van der Waals surface area contributed by atoms with Crippen LogP contribution >= 0.6 is 0 Å². The van der Waals surface area contributed by atoms with Crippen molar-refractivity contribution in [3.8, 4) is 6.07 Å². The molecule has 0 N–H and O–H groups in total. The second kappa shape index (κ2) is 6.44. The smallest absolute Gasteiger partial charge is 0.0991 e. The molecule has 0 aromatic heterocycles. The lowest BCUT2D eigenvalue weighted by molar-refractivity contribution is 0.331. The first-order valence-electron chi connectivity index (χ1n) is 9.48. The van der Waals surface area contributed by atoms with Crippen molar-refractivity contribution in [3.05, 3.63) is 69.8 Å². The van der Waals surface area contributed by atoms with Crippen LogP contribution < -0.4 is 0 Å². The highest BCUT2D eigenvalue weighted by molar-refractivity contribution is 5.82. The van der Waals surface area contributed by atoms with E-state index >= 15 is 0 Å². The second-order valence-corrected chi connectivity index (χ2v) is 9.04. The number of nitrogens with zero attached hydrogens (tertiary/aromatic N) is 1. The van der Waals surface area contributed by atoms with Crippen LogP contribution in [0.25, 0.3) is 11.6 Å². The van der Waals surface area contributed by atoms with Gasteiger partial charge in [0.25, 0.3) is 0 Å². The van der Waals surface area contributed by atoms with E-state index in [9.17, 15) is 0 Å². The molecule has 0 spiro atoms. The van der Waals surface area contributed by atoms with Crippen LogP contribution in [0.2, 0.25) is 0 Å². The van der Waals surface area contributed by atoms with Gasteiger partial charge in [0.1, 0.15) is 0 Å². The fourth-order valence-electron chi connectivity index (χ4n) is 4.13. The fourth-order valence-corrected chi connectivity index (χ4v) is 4.13. The van der Waals surface area contributed by atoms with Gasteiger partial charge >= 0.3 is 0 Å². The Kier molecular flexibility index (Phi) is 4.57. The summed E-state index contributed by atoms with van der Waals surface area (Å²) in [6, 6.07) is 14.8. The predicted octanol–water partition coefficient (Wildman–Crippen LogP) is 6.78. The molecule has 26 heavy (non-hydrogen) atoms. The van der Waals surface area contributed by atoms with Gasteiger partial charge in [-0.2, -0.15) is 5.26 Å². The summed E-state index contributed by atoms with van der Waals surface area (Å²) in [5.74, 6) is 0. The van der Waals surface area contributed by atoms with Crippen molar-refractivity contribution in [1.29, 1.82) is 5.26 Å². The Morgan fingerprint density at radius 1 is 0.962 bits per heavy atom. The first-order valence-corrected chi connectivity index (χ1v) is 9.48. The highest BCUT2D eigenvalue weighted by Gasteiger charge is 2.37. The minimum absolute atomic E-state index is 0.224. The minimum atomic E-state index is 0.224. The molecule has 2 aromatic carbocycles. The summed E-state index contributed by atoms with van der Waals surface area (Å²) in [6.45, 7) is 13.9. The molecule has 134 valence electrons. The Labute approximate surface area is 158 Å². The van der Waals surface area contributed by atoms with Gasteiger partial charge in [-0.1, -0.05) is 58.0 Å². The maximum atomic E-state index is 8.96. The number of fused-ring (bicyclic) bond motifs is 1. The highest BCUT2D eigenvalue weighted by atomic mass is 14.4. The second-order valence-electron chi connectivity index (χ2n) is 9.04. The summed E-state index contributed by atoms with van der Waals surface area (Å²) < 4.78 is 0. The summed E-state index contributed by atoms with van der Waals surface area (Å²) in [5, 5.41) is 8.96. The van der Waals surface area contributed by atoms with E-state index < -0.39 is 0 Å². The molecule has 0 amide bonds. The summed E-state index contributed by atoms with van der Waals surface area (Å²) in [7, 11) is 0. The molecule has 0 unspecified atom stereocenters. The maximum Gasteiger partial charge on any atom is 0.0991 e. The average Bonchev–Trinajstić information content (AvgIpc) is 2.59. The van der Waals surface area contributed by atoms with Gasteiger partial charge in [-0.15, -0.1) is 0 Å². The van der Waals surface area contributed by atoms with Crippen molar-refractivity contribution < 1.29 is 0 Å². The van der Waals surface area contributed by atoms with Crippen LogP contribution in [0, 0.1) is 18.3 Å². The van der Waals surface area contributed by atoms with Crippen molar-refractivity contribution in [2.24, 2.45) is 0 Å². The lowest BCUT2D eigenvalue weighted by atomic mass is 9.62. The number of hydrogen-bond acceptors (Lipinski definition) is 1. The zero-order valence-electron chi connectivity index (χ0n) is 16.9. The lowest BCUT2D eigenvalue weighted by Gasteiger charge is -2.42. The molecule has 0 atom stereocenters. The van der Waals surface area contributed by atoms with Gasteiger partial charge in [0.2, 0.25) is 0 Å². The molecule has 0 saturated carbocycles. The number of rotatable bonds is 2. The number of nitriles is 1. The van der Waals surface area contributed by atoms with Gasteiger partial charge < -0.3 is 0 Å². The van der Waals surface area contributed by atoms with Crippen LogP contribution in [0.15, 0.2) is 36.4 Å². The van der Waals surface area contributed by atoms with Crippen LogP contribution in [0.1, 0.15) is 80.8 Å². The van der Waals surface area contributed by atoms with E-state index in [-0.39, 0.29) is 10.8 Å². The van der Waals surface area contributed by atoms with Crippen molar-refractivity contribution >= 4 is 11.6 Å². The Morgan fingerprint density at radius 2 is 1.50 bits per heavy atom. The van der Waals surface area contributed by atoms with Crippen molar-refractivity contribution in [1.82, 2.24) is 0 Å². The predicted molar refractivity (Wildman–Crippen MR) is 111 cm³/mol. The molecule has 0 aliphatic heterocycles. The van der Waals surface area contributed by atoms with E-state index in [4.69, 9.17) is 5.26 Å². The van der Waals surface area contributed by atoms with Crippen molar-refractivity contribution in [2.45, 2.75) is 65.2 Å². The van der Waals surface area contributed by atoms with E-state index in [0.29, 0.717) is 5.56 Å². The first-order chi connectivity index (χ1) is 12.1. The molecule has 0 saturated heterocycles. The normalized spacial score (nSPS) is 18.1. The number of allylic oxidation sites excluding steroid dienone is 1. The van der Waals surface area contributed by atoms with Gasteiger partial charge in [-0.05, 0) is 83.0 Å². The summed E-state index contributed by atoms with van der Waals surface area (Å²) in [4.78, 5) is 0. The van der Waals surface area contributed by atoms with Crippen LogP contribution in [0.5, 0.6) is 0 Å². The third kappa shape index (κ3) is 3.34. The third-order valence-electron chi connectivity index (χ3n) is 6.05. The van der Waals surface area contributed by atoms with E-state index in [1.807, 2.05) is 24.3 Å². The van der Waals surface area contributed by atoms with Crippen LogP contribution in [0.3, 0.4) is 0 Å². The highest BCUT2D eigenvalue weighted by Crippen LogP contribution is 2.47. The topological polar surface area (TPSA) is 23.8 Å². The molecule has 0 heterocycles. The molecular weight excluding hydrogens is 314 g/mol. The Bertz CT molecular complexity index is 902. The third-order valence-corrected chi connectivity index (χ3v) is 6.05. The zero-order valence-corrected chi connectivity index (χ0v) is 16.9. The van der Waals surface area contributed by atoms with Crippen LogP contribution in [-0.2, 0) is 10.8 Å². The molecule has 0 fully saturated rings. The van der Waals surface area contributed by atoms with Gasteiger partial charge in [0.05, 0.1) is 11.6 Å². The fraction of sp³-hybridized carbons (Fsp3) is 0.400. The Balaban J connectivity index is 2.08. The lowest BCUT2D eigenvalue weighted by Crippen LogP contribution is -2.34. The van der Waals surface area contributed by atoms with E-state index in [0.717, 1.165) is 5.56 Å². The molecule has 1 nitrogen and oxygen atoms in total. The SMILES string of the molecule is CC(=Cc1ccc(C#N)cc1)c1cc2c(cc1C)C(C)(C)CCC2(C)C. The minimum Gasteiger partial charge on any atom is -0.192 e. The quantitative estimate of drug-likeness (QED) is 0.552. The van der Waals surface area contributed by atoms with E-state index in [1.54, 1.807) is 0 Å². The van der Waals surface area contributed by atoms with Gasteiger partial charge in [-0.3, -0.25) is 0 Å². The van der Waals surface area contributed by atoms with Gasteiger partial charge in [0.15, 0.2) is 0 Å². The molecule has 0 bridgehead atoms. The molecule has 3 rings (SSSR count). The van der Waals surface area contributed by atoms with E-state index in [1.165, 1.54) is 40.7 Å². The first kappa shape index (κ1) is 18.5. The summed E-state index contributed by atoms with van der Waals surface area (Å²) in [6.07, 6.45) is 4.69. The van der Waals surface area contributed by atoms with Gasteiger partial charge in [0, 0.05) is 0 Å². The largest absolute Gasteiger partial charge is 0.192 e. The van der Waals surface area contributed by atoms with Crippen molar-refractivity contribution in [2.75, 3.05) is 0 Å². The standard InChI is InChI=1S/C25H29N/c1-17(13-19-7-9-20(16-26)10-8-19)21-15-23-22(14-18(21)2)24(3,4)11-12-25(23,5)6/h7-10,13-15H,11-12H2,1-6H3. The Morgan fingerprint density at radius 3 is 2.04 bits per heavy atom. The summed E-state index contributed by atoms with van der Waals surface area (Å²) >= 11 is 0. The molecule has 1 heteroatoms. The van der Waals surface area contributed by atoms with Gasteiger partial charge in [-0.25, -0.2) is 0 Å².